The van der Waals surface area contributed by atoms with Gasteiger partial charge in [0.25, 0.3) is 11.8 Å². The number of allylic oxidation sites excluding steroid dienone is 2. The van der Waals surface area contributed by atoms with Crippen LogP contribution in [0.2, 0.25) is 0 Å². The van der Waals surface area contributed by atoms with E-state index in [0.29, 0.717) is 11.8 Å². The summed E-state index contributed by atoms with van der Waals surface area (Å²) in [5.74, 6) is 1.21. The molecule has 2 heterocycles. The zero-order valence-corrected chi connectivity index (χ0v) is 11.3. The minimum Gasteiger partial charge on any atom is -0.360 e. The van der Waals surface area contributed by atoms with Gasteiger partial charge in [-0.1, -0.05) is 12.2 Å². The number of imide groups is 1. The van der Waals surface area contributed by atoms with Crippen LogP contribution in [0.15, 0.2) is 35.6 Å². The van der Waals surface area contributed by atoms with Crippen LogP contribution in [0.1, 0.15) is 12.1 Å². The summed E-state index contributed by atoms with van der Waals surface area (Å²) in [6, 6.07) is 3.70. The smallest absolute Gasteiger partial charge is 0.254 e. The van der Waals surface area contributed by atoms with E-state index in [9.17, 15) is 9.59 Å². The Balaban J connectivity index is 1.48. The largest absolute Gasteiger partial charge is 0.360 e. The van der Waals surface area contributed by atoms with Gasteiger partial charge in [-0.25, -0.2) is 0 Å². The summed E-state index contributed by atoms with van der Waals surface area (Å²) >= 11 is 0. The zero-order chi connectivity index (χ0) is 14.1. The Labute approximate surface area is 121 Å². The molecule has 2 saturated carbocycles. The SMILES string of the molecule is O=C1[C@@H]2[C@H]3C=C[C@H]([C@H]4C[C@H]34)[C@@H]2C(=O)N1/N=C\c1ccc[nH]1. The number of carbonyl (C=O) groups excluding carboxylic acids is 2. The van der Waals surface area contributed by atoms with Gasteiger partial charge in [0.2, 0.25) is 0 Å². The maximum atomic E-state index is 12.6. The second kappa shape index (κ2) is 3.72. The predicted molar refractivity (Wildman–Crippen MR) is 74.9 cm³/mol. The Hall–Kier alpha value is -2.17. The minimum atomic E-state index is -0.169. The molecule has 1 saturated heterocycles. The summed E-state index contributed by atoms with van der Waals surface area (Å²) in [4.78, 5) is 28.2. The first-order valence-corrected chi connectivity index (χ1v) is 7.49. The average molecular weight is 281 g/mol. The van der Waals surface area contributed by atoms with E-state index in [1.54, 1.807) is 12.4 Å². The fraction of sp³-hybridized carbons (Fsp3) is 0.438. The first-order valence-electron chi connectivity index (χ1n) is 7.49. The quantitative estimate of drug-likeness (QED) is 0.506. The van der Waals surface area contributed by atoms with Crippen LogP contribution in [0.5, 0.6) is 0 Å². The van der Waals surface area contributed by atoms with E-state index in [2.05, 4.69) is 22.2 Å². The fourth-order valence-corrected chi connectivity index (χ4v) is 4.60. The van der Waals surface area contributed by atoms with E-state index in [4.69, 9.17) is 0 Å². The molecule has 0 spiro atoms. The third-order valence-corrected chi connectivity index (χ3v) is 5.57. The van der Waals surface area contributed by atoms with Crippen molar-refractivity contribution in [3.8, 4) is 0 Å². The summed E-state index contributed by atoms with van der Waals surface area (Å²) in [5, 5.41) is 5.24. The second-order valence-electron chi connectivity index (χ2n) is 6.51. The van der Waals surface area contributed by atoms with Crippen LogP contribution < -0.4 is 0 Å². The number of aromatic amines is 1. The lowest BCUT2D eigenvalue weighted by Crippen LogP contribution is -2.40. The fourth-order valence-electron chi connectivity index (χ4n) is 4.60. The lowest BCUT2D eigenvalue weighted by molar-refractivity contribution is -0.140. The Bertz CT molecular complexity index is 654. The number of nitrogens with zero attached hydrogens (tertiary/aromatic N) is 2. The molecule has 5 aliphatic rings. The molecule has 21 heavy (non-hydrogen) atoms. The Morgan fingerprint density at radius 2 is 1.81 bits per heavy atom. The molecular formula is C16H15N3O2. The summed E-state index contributed by atoms with van der Waals surface area (Å²) < 4.78 is 0. The molecule has 6 rings (SSSR count). The molecule has 4 aliphatic carbocycles. The molecule has 0 radical (unpaired) electrons. The highest BCUT2D eigenvalue weighted by Gasteiger charge is 2.67. The summed E-state index contributed by atoms with van der Waals surface area (Å²) in [5.41, 5.74) is 0.786. The average Bonchev–Trinajstić information content (AvgIpc) is 3.10. The maximum absolute atomic E-state index is 12.6. The van der Waals surface area contributed by atoms with Gasteiger partial charge in [-0.2, -0.15) is 10.1 Å². The monoisotopic (exact) mass is 281 g/mol. The Morgan fingerprint density at radius 3 is 2.38 bits per heavy atom. The number of hydrogen-bond donors (Lipinski definition) is 1. The van der Waals surface area contributed by atoms with Crippen molar-refractivity contribution in [2.45, 2.75) is 6.42 Å². The van der Waals surface area contributed by atoms with Crippen molar-refractivity contribution in [3.63, 3.8) is 0 Å². The number of H-pyrrole nitrogens is 1. The van der Waals surface area contributed by atoms with Gasteiger partial charge in [-0.3, -0.25) is 9.59 Å². The van der Waals surface area contributed by atoms with E-state index in [0.717, 1.165) is 10.7 Å². The first kappa shape index (κ1) is 11.5. The molecule has 1 aromatic rings. The summed E-state index contributed by atoms with van der Waals surface area (Å²) in [7, 11) is 0. The Kier molecular flexibility index (Phi) is 2.04. The van der Waals surface area contributed by atoms with Gasteiger partial charge in [0.1, 0.15) is 0 Å². The molecule has 0 unspecified atom stereocenters. The van der Waals surface area contributed by atoms with Crippen molar-refractivity contribution < 1.29 is 9.59 Å². The van der Waals surface area contributed by atoms with Crippen molar-refractivity contribution in [1.29, 1.82) is 0 Å². The minimum absolute atomic E-state index is 0.113. The highest BCUT2D eigenvalue weighted by atomic mass is 16.2. The molecule has 2 amide bonds. The number of nitrogens with one attached hydrogen (secondary N) is 1. The van der Waals surface area contributed by atoms with Gasteiger partial charge in [-0.05, 0) is 42.2 Å². The van der Waals surface area contributed by atoms with Gasteiger partial charge in [0, 0.05) is 6.20 Å². The van der Waals surface area contributed by atoms with E-state index in [1.807, 2.05) is 12.1 Å². The number of carbonyl (C=O) groups is 2. The van der Waals surface area contributed by atoms with Crippen LogP contribution in [0.25, 0.3) is 0 Å². The molecule has 5 heteroatoms. The highest BCUT2D eigenvalue weighted by molar-refractivity contribution is 6.06. The van der Waals surface area contributed by atoms with E-state index in [-0.39, 0.29) is 35.5 Å². The van der Waals surface area contributed by atoms with E-state index < -0.39 is 0 Å². The zero-order valence-electron chi connectivity index (χ0n) is 11.3. The number of amides is 2. The molecule has 5 nitrogen and oxygen atoms in total. The van der Waals surface area contributed by atoms with Crippen LogP contribution in [0, 0.1) is 35.5 Å². The number of rotatable bonds is 2. The first-order chi connectivity index (χ1) is 10.3. The summed E-state index contributed by atoms with van der Waals surface area (Å²) in [6.07, 6.45) is 8.85. The molecule has 106 valence electrons. The molecule has 1 N–H and O–H groups in total. The van der Waals surface area contributed by atoms with Gasteiger partial charge in [-0.15, -0.1) is 0 Å². The van der Waals surface area contributed by atoms with Crippen molar-refractivity contribution in [3.05, 3.63) is 36.2 Å². The Morgan fingerprint density at radius 1 is 1.14 bits per heavy atom. The second-order valence-corrected chi connectivity index (χ2v) is 6.51. The van der Waals surface area contributed by atoms with Crippen LogP contribution >= 0.6 is 0 Å². The molecular weight excluding hydrogens is 266 g/mol. The van der Waals surface area contributed by atoms with E-state index >= 15 is 0 Å². The molecule has 3 fully saturated rings. The van der Waals surface area contributed by atoms with Crippen LogP contribution in [-0.4, -0.2) is 28.0 Å². The van der Waals surface area contributed by atoms with Crippen molar-refractivity contribution >= 4 is 18.0 Å². The molecule has 1 aromatic heterocycles. The van der Waals surface area contributed by atoms with Crippen LogP contribution in [0.4, 0.5) is 0 Å². The van der Waals surface area contributed by atoms with Crippen molar-refractivity contribution in [2.24, 2.45) is 40.6 Å². The third-order valence-electron chi connectivity index (χ3n) is 5.57. The predicted octanol–water partition coefficient (Wildman–Crippen LogP) is 1.40. The van der Waals surface area contributed by atoms with Crippen LogP contribution in [0.3, 0.4) is 0 Å². The summed E-state index contributed by atoms with van der Waals surface area (Å²) in [6.45, 7) is 0. The standard InChI is InChI=1S/C16H15N3O2/c20-15-13-9-3-4-10(12-6-11(9)12)14(13)16(21)19(15)18-7-8-2-1-5-17-8/h1-5,7,9-14,17H,6H2/b18-7-/t9-,10+,11-,12-,13+,14-/m1/s1. The molecule has 2 bridgehead atoms. The normalized spacial score (nSPS) is 42.8. The van der Waals surface area contributed by atoms with Crippen molar-refractivity contribution in [2.75, 3.05) is 0 Å². The molecule has 0 aromatic carbocycles. The van der Waals surface area contributed by atoms with Gasteiger partial charge >= 0.3 is 0 Å². The molecule has 6 atom stereocenters. The lowest BCUT2D eigenvalue weighted by atomic mass is 9.63. The van der Waals surface area contributed by atoms with Crippen molar-refractivity contribution in [1.82, 2.24) is 9.99 Å². The lowest BCUT2D eigenvalue weighted by Gasteiger charge is -2.37. The van der Waals surface area contributed by atoms with Gasteiger partial charge in [0.05, 0.1) is 23.7 Å². The third kappa shape index (κ3) is 1.38. The molecule has 1 aliphatic heterocycles. The maximum Gasteiger partial charge on any atom is 0.254 e. The number of aromatic nitrogens is 1. The number of hydrazone groups is 1. The van der Waals surface area contributed by atoms with Crippen LogP contribution in [-0.2, 0) is 9.59 Å². The highest BCUT2D eigenvalue weighted by Crippen LogP contribution is 2.65. The number of hydrogen-bond acceptors (Lipinski definition) is 3. The topological polar surface area (TPSA) is 65.5 Å². The van der Waals surface area contributed by atoms with E-state index in [1.165, 1.54) is 6.42 Å². The van der Waals surface area contributed by atoms with Gasteiger partial charge < -0.3 is 4.98 Å². The van der Waals surface area contributed by atoms with Gasteiger partial charge in [0.15, 0.2) is 0 Å².